The van der Waals surface area contributed by atoms with Crippen LogP contribution in [0.1, 0.15) is 11.1 Å². The van der Waals surface area contributed by atoms with Gasteiger partial charge in [0.1, 0.15) is 5.82 Å². The van der Waals surface area contributed by atoms with Gasteiger partial charge in [0.2, 0.25) is 0 Å². The van der Waals surface area contributed by atoms with E-state index in [4.69, 9.17) is 17.3 Å². The molecule has 0 saturated carbocycles. The molecular formula is C13H11ClFN. The molecule has 1 nitrogen and oxygen atoms in total. The van der Waals surface area contributed by atoms with E-state index < -0.39 is 0 Å². The molecule has 0 aliphatic heterocycles. The normalized spacial score (nSPS) is 10.4. The summed E-state index contributed by atoms with van der Waals surface area (Å²) in [5, 5.41) is 0.674. The molecule has 82 valence electrons. The second kappa shape index (κ2) is 4.54. The van der Waals surface area contributed by atoms with Crippen LogP contribution in [0.3, 0.4) is 0 Å². The molecule has 0 unspecified atom stereocenters. The van der Waals surface area contributed by atoms with Gasteiger partial charge < -0.3 is 5.73 Å². The molecule has 0 heterocycles. The molecule has 3 heteroatoms. The zero-order chi connectivity index (χ0) is 11.5. The average Bonchev–Trinajstić information content (AvgIpc) is 2.24. The number of halogens is 2. The number of benzene rings is 2. The highest BCUT2D eigenvalue weighted by atomic mass is 35.5. The standard InChI is InChI=1S/C13H11ClFN/c14-11-3-1-2-9(7-11)6-10-8-12(15)4-5-13(10)16/h1-5,7-8H,6,16H2. The minimum Gasteiger partial charge on any atom is -0.398 e. The van der Waals surface area contributed by atoms with Crippen LogP contribution in [0.15, 0.2) is 42.5 Å². The number of rotatable bonds is 2. The van der Waals surface area contributed by atoms with E-state index in [9.17, 15) is 4.39 Å². The highest BCUT2D eigenvalue weighted by Crippen LogP contribution is 2.19. The summed E-state index contributed by atoms with van der Waals surface area (Å²) < 4.78 is 13.0. The first-order valence-corrected chi connectivity index (χ1v) is 5.31. The molecule has 0 amide bonds. The Balaban J connectivity index is 2.30. The van der Waals surface area contributed by atoms with Crippen molar-refractivity contribution < 1.29 is 4.39 Å². The maximum atomic E-state index is 13.0. The Bertz CT molecular complexity index is 511. The summed E-state index contributed by atoms with van der Waals surface area (Å²) in [4.78, 5) is 0. The summed E-state index contributed by atoms with van der Waals surface area (Å²) in [6, 6.07) is 11.9. The Morgan fingerprint density at radius 3 is 2.69 bits per heavy atom. The lowest BCUT2D eigenvalue weighted by Crippen LogP contribution is -1.96. The third-order valence-corrected chi connectivity index (χ3v) is 2.62. The molecule has 0 bridgehead atoms. The predicted molar refractivity (Wildman–Crippen MR) is 65.1 cm³/mol. The van der Waals surface area contributed by atoms with Crippen LogP contribution in [0.4, 0.5) is 10.1 Å². The quantitative estimate of drug-likeness (QED) is 0.790. The summed E-state index contributed by atoms with van der Waals surface area (Å²) in [5.74, 6) is -0.272. The third kappa shape index (κ3) is 2.52. The number of hydrogen-bond donors (Lipinski definition) is 1. The topological polar surface area (TPSA) is 26.0 Å². The smallest absolute Gasteiger partial charge is 0.123 e. The van der Waals surface area contributed by atoms with Crippen molar-refractivity contribution in [3.8, 4) is 0 Å². The molecule has 16 heavy (non-hydrogen) atoms. The van der Waals surface area contributed by atoms with Gasteiger partial charge in [-0.05, 0) is 47.9 Å². The van der Waals surface area contributed by atoms with Crippen molar-refractivity contribution in [1.29, 1.82) is 0 Å². The molecule has 0 radical (unpaired) electrons. The molecule has 0 spiro atoms. The second-order valence-electron chi connectivity index (χ2n) is 3.65. The Morgan fingerprint density at radius 1 is 1.12 bits per heavy atom. The molecule has 0 aromatic heterocycles. The summed E-state index contributed by atoms with van der Waals surface area (Å²) in [7, 11) is 0. The predicted octanol–water partition coefficient (Wildman–Crippen LogP) is 3.65. The lowest BCUT2D eigenvalue weighted by Gasteiger charge is -2.06. The summed E-state index contributed by atoms with van der Waals surface area (Å²) in [6.45, 7) is 0. The van der Waals surface area contributed by atoms with Crippen molar-refractivity contribution in [2.24, 2.45) is 0 Å². The molecule has 0 atom stereocenters. The SMILES string of the molecule is Nc1ccc(F)cc1Cc1cccc(Cl)c1. The van der Waals surface area contributed by atoms with Crippen molar-refractivity contribution in [1.82, 2.24) is 0 Å². The van der Waals surface area contributed by atoms with Crippen LogP contribution >= 0.6 is 11.6 Å². The largest absolute Gasteiger partial charge is 0.398 e. The lowest BCUT2D eigenvalue weighted by molar-refractivity contribution is 0.626. The van der Waals surface area contributed by atoms with Gasteiger partial charge in [0.25, 0.3) is 0 Å². The molecule has 0 fully saturated rings. The second-order valence-corrected chi connectivity index (χ2v) is 4.09. The Hall–Kier alpha value is -1.54. The fourth-order valence-corrected chi connectivity index (χ4v) is 1.81. The first-order valence-electron chi connectivity index (χ1n) is 4.93. The Morgan fingerprint density at radius 2 is 1.94 bits per heavy atom. The van der Waals surface area contributed by atoms with Crippen LogP contribution in [-0.2, 0) is 6.42 Å². The molecule has 0 saturated heterocycles. The van der Waals surface area contributed by atoms with Crippen molar-refractivity contribution in [3.05, 3.63) is 64.4 Å². The summed E-state index contributed by atoms with van der Waals surface area (Å²) in [6.07, 6.45) is 0.587. The molecular weight excluding hydrogens is 225 g/mol. The molecule has 2 aromatic rings. The highest BCUT2D eigenvalue weighted by molar-refractivity contribution is 6.30. The number of nitrogens with two attached hydrogens (primary N) is 1. The van der Waals surface area contributed by atoms with Gasteiger partial charge in [0.05, 0.1) is 0 Å². The van der Waals surface area contributed by atoms with Crippen molar-refractivity contribution in [2.45, 2.75) is 6.42 Å². The van der Waals surface area contributed by atoms with Crippen LogP contribution < -0.4 is 5.73 Å². The Labute approximate surface area is 98.7 Å². The van der Waals surface area contributed by atoms with Crippen molar-refractivity contribution in [3.63, 3.8) is 0 Å². The van der Waals surface area contributed by atoms with E-state index >= 15 is 0 Å². The zero-order valence-corrected chi connectivity index (χ0v) is 9.34. The molecule has 2 N–H and O–H groups in total. The van der Waals surface area contributed by atoms with Crippen LogP contribution in [0, 0.1) is 5.82 Å². The van der Waals surface area contributed by atoms with E-state index in [0.29, 0.717) is 17.1 Å². The van der Waals surface area contributed by atoms with E-state index in [1.807, 2.05) is 18.2 Å². The first kappa shape index (κ1) is 11.0. The molecule has 0 aliphatic rings. The third-order valence-electron chi connectivity index (χ3n) is 2.39. The lowest BCUT2D eigenvalue weighted by atomic mass is 10.0. The van der Waals surface area contributed by atoms with E-state index in [-0.39, 0.29) is 5.82 Å². The number of hydrogen-bond acceptors (Lipinski definition) is 1. The van der Waals surface area contributed by atoms with E-state index in [1.54, 1.807) is 12.1 Å². The van der Waals surface area contributed by atoms with E-state index in [1.165, 1.54) is 12.1 Å². The van der Waals surface area contributed by atoms with Gasteiger partial charge in [-0.2, -0.15) is 0 Å². The van der Waals surface area contributed by atoms with Gasteiger partial charge in [-0.1, -0.05) is 23.7 Å². The van der Waals surface area contributed by atoms with Crippen LogP contribution in [0.5, 0.6) is 0 Å². The van der Waals surface area contributed by atoms with Gasteiger partial charge in [0, 0.05) is 10.7 Å². The number of nitrogen functional groups attached to an aromatic ring is 1. The fraction of sp³-hybridized carbons (Fsp3) is 0.0769. The summed E-state index contributed by atoms with van der Waals surface area (Å²) in [5.41, 5.74) is 8.17. The average molecular weight is 236 g/mol. The number of anilines is 1. The van der Waals surface area contributed by atoms with E-state index in [0.717, 1.165) is 11.1 Å². The van der Waals surface area contributed by atoms with E-state index in [2.05, 4.69) is 0 Å². The highest BCUT2D eigenvalue weighted by Gasteiger charge is 2.03. The monoisotopic (exact) mass is 235 g/mol. The van der Waals surface area contributed by atoms with Crippen molar-refractivity contribution in [2.75, 3.05) is 5.73 Å². The van der Waals surface area contributed by atoms with Gasteiger partial charge in [-0.25, -0.2) is 4.39 Å². The zero-order valence-electron chi connectivity index (χ0n) is 8.58. The maximum Gasteiger partial charge on any atom is 0.123 e. The van der Waals surface area contributed by atoms with Gasteiger partial charge in [-0.15, -0.1) is 0 Å². The Kier molecular flexibility index (Phi) is 3.11. The van der Waals surface area contributed by atoms with Crippen LogP contribution in [-0.4, -0.2) is 0 Å². The maximum absolute atomic E-state index is 13.0. The minimum absolute atomic E-state index is 0.272. The molecule has 2 aromatic carbocycles. The molecule has 2 rings (SSSR count). The first-order chi connectivity index (χ1) is 7.65. The van der Waals surface area contributed by atoms with Crippen LogP contribution in [0.25, 0.3) is 0 Å². The van der Waals surface area contributed by atoms with Gasteiger partial charge in [0.15, 0.2) is 0 Å². The fourth-order valence-electron chi connectivity index (χ4n) is 1.59. The van der Waals surface area contributed by atoms with Crippen molar-refractivity contribution >= 4 is 17.3 Å². The summed E-state index contributed by atoms with van der Waals surface area (Å²) >= 11 is 5.88. The van der Waals surface area contributed by atoms with Gasteiger partial charge in [-0.3, -0.25) is 0 Å². The van der Waals surface area contributed by atoms with Crippen LogP contribution in [0.2, 0.25) is 5.02 Å². The molecule has 0 aliphatic carbocycles. The minimum atomic E-state index is -0.272. The van der Waals surface area contributed by atoms with Gasteiger partial charge >= 0.3 is 0 Å².